The minimum absolute atomic E-state index is 1.07. The van der Waals surface area contributed by atoms with Gasteiger partial charge in [0.1, 0.15) is 0 Å². The van der Waals surface area contributed by atoms with E-state index in [1.165, 1.54) is 11.3 Å². The smallest absolute Gasteiger partial charge is 0.0666 e. The Hall–Kier alpha value is -2.55. The topological polar surface area (TPSA) is 21.1 Å². The van der Waals surface area contributed by atoms with Gasteiger partial charge in [0.25, 0.3) is 0 Å². The van der Waals surface area contributed by atoms with E-state index in [9.17, 15) is 0 Å². The molecule has 0 atom stereocenters. The van der Waals surface area contributed by atoms with Crippen molar-refractivity contribution in [2.45, 2.75) is 0 Å². The average Bonchev–Trinajstić information content (AvgIpc) is 2.98. The largest absolute Gasteiger partial charge is 0.378 e. The average molecular weight is 263 g/mol. The van der Waals surface area contributed by atoms with Crippen LogP contribution in [-0.4, -0.2) is 23.9 Å². The number of aromatic nitrogens is 2. The molecule has 0 aliphatic carbocycles. The molecule has 3 aromatic rings. The molecule has 1 aromatic heterocycles. The Balaban J connectivity index is 1.96. The van der Waals surface area contributed by atoms with Gasteiger partial charge in [0.05, 0.1) is 11.9 Å². The van der Waals surface area contributed by atoms with Gasteiger partial charge >= 0.3 is 0 Å². The predicted molar refractivity (Wildman–Crippen MR) is 83.3 cm³/mol. The lowest BCUT2D eigenvalue weighted by atomic mass is 10.1. The minimum Gasteiger partial charge on any atom is -0.378 e. The fraction of sp³-hybridized carbons (Fsp3) is 0.118. The molecule has 0 saturated carbocycles. The number of anilines is 1. The zero-order valence-electron chi connectivity index (χ0n) is 11.7. The van der Waals surface area contributed by atoms with Crippen LogP contribution in [0.1, 0.15) is 0 Å². The first-order valence-electron chi connectivity index (χ1n) is 6.62. The van der Waals surface area contributed by atoms with Crippen molar-refractivity contribution < 1.29 is 0 Å². The molecular weight excluding hydrogens is 246 g/mol. The number of nitrogens with zero attached hydrogens (tertiary/aromatic N) is 3. The van der Waals surface area contributed by atoms with Crippen LogP contribution < -0.4 is 4.90 Å². The van der Waals surface area contributed by atoms with E-state index in [2.05, 4.69) is 52.6 Å². The second-order valence-electron chi connectivity index (χ2n) is 4.95. The quantitative estimate of drug-likeness (QED) is 0.720. The van der Waals surface area contributed by atoms with Gasteiger partial charge in [0.15, 0.2) is 0 Å². The lowest BCUT2D eigenvalue weighted by Gasteiger charge is -2.13. The summed E-state index contributed by atoms with van der Waals surface area (Å²) in [5, 5.41) is 4.46. The van der Waals surface area contributed by atoms with E-state index in [0.717, 1.165) is 11.3 Å². The van der Waals surface area contributed by atoms with Crippen molar-refractivity contribution in [3.8, 4) is 16.8 Å². The second kappa shape index (κ2) is 5.21. The molecule has 20 heavy (non-hydrogen) atoms. The van der Waals surface area contributed by atoms with Crippen molar-refractivity contribution in [1.82, 2.24) is 9.78 Å². The van der Waals surface area contributed by atoms with Crippen LogP contribution in [0.15, 0.2) is 67.0 Å². The molecule has 0 aliphatic rings. The maximum Gasteiger partial charge on any atom is 0.0666 e. The molecule has 0 saturated heterocycles. The van der Waals surface area contributed by atoms with Crippen molar-refractivity contribution in [2.24, 2.45) is 0 Å². The van der Waals surface area contributed by atoms with Crippen molar-refractivity contribution in [3.63, 3.8) is 0 Å². The van der Waals surface area contributed by atoms with Crippen molar-refractivity contribution in [1.29, 1.82) is 0 Å². The van der Waals surface area contributed by atoms with Crippen LogP contribution in [0.3, 0.4) is 0 Å². The van der Waals surface area contributed by atoms with Gasteiger partial charge in [-0.2, -0.15) is 5.10 Å². The summed E-state index contributed by atoms with van der Waals surface area (Å²) in [4.78, 5) is 2.09. The van der Waals surface area contributed by atoms with Gasteiger partial charge in [-0.15, -0.1) is 0 Å². The molecule has 0 unspecified atom stereocenters. The van der Waals surface area contributed by atoms with Crippen LogP contribution in [0.4, 0.5) is 5.69 Å². The third-order valence-electron chi connectivity index (χ3n) is 3.30. The lowest BCUT2D eigenvalue weighted by Crippen LogP contribution is -2.09. The van der Waals surface area contributed by atoms with Gasteiger partial charge in [-0.3, -0.25) is 0 Å². The van der Waals surface area contributed by atoms with Gasteiger partial charge < -0.3 is 4.90 Å². The molecule has 1 heterocycles. The number of benzene rings is 2. The van der Waals surface area contributed by atoms with Crippen LogP contribution in [0, 0.1) is 0 Å². The van der Waals surface area contributed by atoms with Crippen LogP contribution >= 0.6 is 0 Å². The SMILES string of the molecule is CN(C)c1cccc(-n2cc(-c3ccccc3)cn2)c1. The molecule has 3 heteroatoms. The highest BCUT2D eigenvalue weighted by atomic mass is 15.3. The molecule has 0 N–H and O–H groups in total. The summed E-state index contributed by atoms with van der Waals surface area (Å²) in [5.41, 5.74) is 4.54. The zero-order valence-corrected chi connectivity index (χ0v) is 11.7. The Kier molecular flexibility index (Phi) is 3.25. The van der Waals surface area contributed by atoms with Gasteiger partial charge in [0.2, 0.25) is 0 Å². The van der Waals surface area contributed by atoms with Gasteiger partial charge in [0, 0.05) is 31.5 Å². The van der Waals surface area contributed by atoms with E-state index >= 15 is 0 Å². The highest BCUT2D eigenvalue weighted by molar-refractivity contribution is 5.62. The highest BCUT2D eigenvalue weighted by Crippen LogP contribution is 2.21. The molecule has 3 rings (SSSR count). The highest BCUT2D eigenvalue weighted by Gasteiger charge is 2.04. The zero-order chi connectivity index (χ0) is 13.9. The molecule has 0 bridgehead atoms. The van der Waals surface area contributed by atoms with Gasteiger partial charge in [-0.25, -0.2) is 4.68 Å². The number of rotatable bonds is 3. The Morgan fingerprint density at radius 1 is 0.900 bits per heavy atom. The first-order valence-corrected chi connectivity index (χ1v) is 6.62. The summed E-state index contributed by atoms with van der Waals surface area (Å²) in [6.45, 7) is 0. The molecule has 0 amide bonds. The maximum atomic E-state index is 4.46. The van der Waals surface area contributed by atoms with Crippen molar-refractivity contribution in [2.75, 3.05) is 19.0 Å². The van der Waals surface area contributed by atoms with Gasteiger partial charge in [-0.05, 0) is 23.8 Å². The molecule has 0 radical (unpaired) electrons. The molecular formula is C17H17N3. The summed E-state index contributed by atoms with van der Waals surface area (Å²) in [6, 6.07) is 18.6. The normalized spacial score (nSPS) is 10.5. The monoisotopic (exact) mass is 263 g/mol. The Bertz CT molecular complexity index is 699. The fourth-order valence-corrected chi connectivity index (χ4v) is 2.16. The minimum atomic E-state index is 1.07. The van der Waals surface area contributed by atoms with E-state index in [-0.39, 0.29) is 0 Å². The Morgan fingerprint density at radius 2 is 1.70 bits per heavy atom. The van der Waals surface area contributed by atoms with Crippen LogP contribution in [0.2, 0.25) is 0 Å². The summed E-state index contributed by atoms with van der Waals surface area (Å²) < 4.78 is 1.91. The van der Waals surface area contributed by atoms with Crippen LogP contribution in [-0.2, 0) is 0 Å². The third-order valence-corrected chi connectivity index (χ3v) is 3.30. The summed E-state index contributed by atoms with van der Waals surface area (Å²) in [6.07, 6.45) is 3.96. The predicted octanol–water partition coefficient (Wildman–Crippen LogP) is 3.61. The molecule has 0 aliphatic heterocycles. The molecule has 0 spiro atoms. The van der Waals surface area contributed by atoms with E-state index in [1.54, 1.807) is 0 Å². The molecule has 0 fully saturated rings. The van der Waals surface area contributed by atoms with Crippen LogP contribution in [0.25, 0.3) is 16.8 Å². The first-order chi connectivity index (χ1) is 9.74. The van der Waals surface area contributed by atoms with E-state index in [1.807, 2.05) is 43.2 Å². The Morgan fingerprint density at radius 3 is 2.45 bits per heavy atom. The Labute approximate surface area is 119 Å². The van der Waals surface area contributed by atoms with Crippen molar-refractivity contribution >= 4 is 5.69 Å². The fourth-order valence-electron chi connectivity index (χ4n) is 2.16. The van der Waals surface area contributed by atoms with E-state index < -0.39 is 0 Å². The maximum absolute atomic E-state index is 4.46. The summed E-state index contributed by atoms with van der Waals surface area (Å²) >= 11 is 0. The summed E-state index contributed by atoms with van der Waals surface area (Å²) in [5.74, 6) is 0. The third kappa shape index (κ3) is 2.43. The van der Waals surface area contributed by atoms with Gasteiger partial charge in [-0.1, -0.05) is 36.4 Å². The van der Waals surface area contributed by atoms with E-state index in [4.69, 9.17) is 0 Å². The first kappa shape index (κ1) is 12.5. The van der Waals surface area contributed by atoms with E-state index in [0.29, 0.717) is 0 Å². The standard InChI is InChI=1S/C17H17N3/c1-19(2)16-9-6-10-17(11-16)20-13-15(12-18-20)14-7-4-3-5-8-14/h3-13H,1-2H3. The lowest BCUT2D eigenvalue weighted by molar-refractivity contribution is 0.879. The molecule has 100 valence electrons. The second-order valence-corrected chi connectivity index (χ2v) is 4.95. The summed E-state index contributed by atoms with van der Waals surface area (Å²) in [7, 11) is 4.08. The molecule has 2 aromatic carbocycles. The number of hydrogen-bond acceptors (Lipinski definition) is 2. The number of hydrogen-bond donors (Lipinski definition) is 0. The van der Waals surface area contributed by atoms with Crippen molar-refractivity contribution in [3.05, 3.63) is 67.0 Å². The van der Waals surface area contributed by atoms with Crippen LogP contribution in [0.5, 0.6) is 0 Å². The molecule has 3 nitrogen and oxygen atoms in total.